The molecule has 0 saturated carbocycles. The zero-order valence-corrected chi connectivity index (χ0v) is 16.9. The normalized spacial score (nSPS) is 14.1. The molecule has 0 spiro atoms. The Kier molecular flexibility index (Phi) is 5.81. The van der Waals surface area contributed by atoms with Crippen LogP contribution < -0.4 is 10.5 Å². The molecule has 0 aliphatic carbocycles. The molecule has 2 aromatic carbocycles. The highest BCUT2D eigenvalue weighted by Crippen LogP contribution is 2.21. The standard InChI is InChI=1S/C22H20ClFN4O2/c23-17-2-1-3-19(12-17)26-8-10-27(11-9-26)22(30)14-28-15-25-20(13-21(28)29)16-4-6-18(24)7-5-16/h1-7,12-13,15H,8-11,14H2. The van der Waals surface area contributed by atoms with Gasteiger partial charge >= 0.3 is 0 Å². The minimum absolute atomic E-state index is 0.0628. The van der Waals surface area contributed by atoms with Crippen LogP contribution in [0.25, 0.3) is 11.3 Å². The van der Waals surface area contributed by atoms with E-state index < -0.39 is 0 Å². The first-order valence-electron chi connectivity index (χ1n) is 9.60. The molecule has 2 heterocycles. The number of hydrogen-bond donors (Lipinski definition) is 0. The Labute approximate surface area is 178 Å². The van der Waals surface area contributed by atoms with Crippen molar-refractivity contribution in [3.8, 4) is 11.3 Å². The van der Waals surface area contributed by atoms with E-state index in [-0.39, 0.29) is 23.8 Å². The molecule has 1 aliphatic heterocycles. The summed E-state index contributed by atoms with van der Waals surface area (Å²) in [4.78, 5) is 33.3. The molecular weight excluding hydrogens is 407 g/mol. The summed E-state index contributed by atoms with van der Waals surface area (Å²) in [5.41, 5.74) is 1.80. The van der Waals surface area contributed by atoms with Gasteiger partial charge in [0, 0.05) is 48.5 Å². The van der Waals surface area contributed by atoms with E-state index in [1.165, 1.54) is 29.1 Å². The second kappa shape index (κ2) is 8.67. The van der Waals surface area contributed by atoms with Gasteiger partial charge in [0.15, 0.2) is 0 Å². The van der Waals surface area contributed by atoms with Gasteiger partial charge < -0.3 is 9.80 Å². The summed E-state index contributed by atoms with van der Waals surface area (Å²) in [7, 11) is 0. The molecule has 4 rings (SSSR count). The van der Waals surface area contributed by atoms with Gasteiger partial charge in [-0.2, -0.15) is 0 Å². The number of nitrogens with zero attached hydrogens (tertiary/aromatic N) is 4. The second-order valence-electron chi connectivity index (χ2n) is 7.09. The largest absolute Gasteiger partial charge is 0.368 e. The summed E-state index contributed by atoms with van der Waals surface area (Å²) in [5.74, 6) is -0.479. The molecule has 1 saturated heterocycles. The number of anilines is 1. The van der Waals surface area contributed by atoms with Crippen molar-refractivity contribution in [1.29, 1.82) is 0 Å². The van der Waals surface area contributed by atoms with E-state index in [0.717, 1.165) is 5.69 Å². The summed E-state index contributed by atoms with van der Waals surface area (Å²) in [6.07, 6.45) is 1.36. The Bertz CT molecular complexity index is 1110. The number of benzene rings is 2. The van der Waals surface area contributed by atoms with Gasteiger partial charge in [-0.25, -0.2) is 9.37 Å². The van der Waals surface area contributed by atoms with Crippen molar-refractivity contribution in [2.45, 2.75) is 6.54 Å². The molecule has 1 aliphatic rings. The van der Waals surface area contributed by atoms with Gasteiger partial charge in [-0.05, 0) is 42.5 Å². The van der Waals surface area contributed by atoms with Crippen molar-refractivity contribution in [2.24, 2.45) is 0 Å². The Balaban J connectivity index is 1.38. The smallest absolute Gasteiger partial charge is 0.254 e. The van der Waals surface area contributed by atoms with Crippen LogP contribution in [-0.4, -0.2) is 46.5 Å². The number of carbonyl (C=O) groups is 1. The predicted octanol–water partition coefficient (Wildman–Crippen LogP) is 3.05. The number of piperazine rings is 1. The summed E-state index contributed by atoms with van der Waals surface area (Å²) in [5, 5.41) is 0.682. The molecule has 154 valence electrons. The Morgan fingerprint density at radius 2 is 1.77 bits per heavy atom. The molecule has 3 aromatic rings. The summed E-state index contributed by atoms with van der Waals surface area (Å²) in [6, 6.07) is 14.8. The van der Waals surface area contributed by atoms with Crippen LogP contribution in [0.15, 0.2) is 65.7 Å². The summed E-state index contributed by atoms with van der Waals surface area (Å²) in [6.45, 7) is 2.47. The molecule has 1 aromatic heterocycles. The second-order valence-corrected chi connectivity index (χ2v) is 7.53. The molecule has 0 radical (unpaired) electrons. The number of aromatic nitrogens is 2. The lowest BCUT2D eigenvalue weighted by atomic mass is 10.1. The molecule has 0 bridgehead atoms. The van der Waals surface area contributed by atoms with Crippen molar-refractivity contribution < 1.29 is 9.18 Å². The van der Waals surface area contributed by atoms with Crippen LogP contribution in [0.3, 0.4) is 0 Å². The van der Waals surface area contributed by atoms with Crippen LogP contribution in [0.2, 0.25) is 5.02 Å². The SMILES string of the molecule is O=C(Cn1cnc(-c2ccc(F)cc2)cc1=O)N1CCN(c2cccc(Cl)c2)CC1. The fraction of sp³-hybridized carbons (Fsp3) is 0.227. The predicted molar refractivity (Wildman–Crippen MR) is 114 cm³/mol. The van der Waals surface area contributed by atoms with Crippen LogP contribution in [0.1, 0.15) is 0 Å². The van der Waals surface area contributed by atoms with Gasteiger partial charge in [-0.1, -0.05) is 17.7 Å². The lowest BCUT2D eigenvalue weighted by Crippen LogP contribution is -2.50. The molecule has 1 fully saturated rings. The van der Waals surface area contributed by atoms with E-state index in [0.29, 0.717) is 42.5 Å². The minimum atomic E-state index is -0.354. The third-order valence-corrected chi connectivity index (χ3v) is 5.37. The van der Waals surface area contributed by atoms with Gasteiger partial charge in [0.25, 0.3) is 5.56 Å². The van der Waals surface area contributed by atoms with Crippen LogP contribution in [-0.2, 0) is 11.3 Å². The average molecular weight is 427 g/mol. The summed E-state index contributed by atoms with van der Waals surface area (Å²) < 4.78 is 14.4. The van der Waals surface area contributed by atoms with Gasteiger partial charge in [0.2, 0.25) is 5.91 Å². The molecule has 1 amide bonds. The zero-order valence-electron chi connectivity index (χ0n) is 16.2. The topological polar surface area (TPSA) is 58.4 Å². The van der Waals surface area contributed by atoms with Crippen molar-refractivity contribution in [3.63, 3.8) is 0 Å². The fourth-order valence-electron chi connectivity index (χ4n) is 3.46. The Morgan fingerprint density at radius 3 is 2.43 bits per heavy atom. The number of hydrogen-bond acceptors (Lipinski definition) is 4. The first-order valence-corrected chi connectivity index (χ1v) is 9.98. The number of carbonyl (C=O) groups excluding carboxylic acids is 1. The van der Waals surface area contributed by atoms with Crippen molar-refractivity contribution >= 4 is 23.2 Å². The third-order valence-electron chi connectivity index (χ3n) is 5.13. The average Bonchev–Trinajstić information content (AvgIpc) is 2.76. The van der Waals surface area contributed by atoms with Crippen LogP contribution in [0.5, 0.6) is 0 Å². The Hall–Kier alpha value is -3.19. The number of halogens is 2. The van der Waals surface area contributed by atoms with E-state index in [1.54, 1.807) is 17.0 Å². The summed E-state index contributed by atoms with van der Waals surface area (Å²) >= 11 is 6.06. The van der Waals surface area contributed by atoms with E-state index >= 15 is 0 Å². The first-order chi connectivity index (χ1) is 14.5. The maximum atomic E-state index is 13.1. The maximum absolute atomic E-state index is 13.1. The van der Waals surface area contributed by atoms with E-state index in [4.69, 9.17) is 11.6 Å². The quantitative estimate of drug-likeness (QED) is 0.643. The zero-order chi connectivity index (χ0) is 21.1. The minimum Gasteiger partial charge on any atom is -0.368 e. The van der Waals surface area contributed by atoms with Crippen molar-refractivity contribution in [3.05, 3.63) is 82.1 Å². The molecule has 30 heavy (non-hydrogen) atoms. The molecule has 0 unspecified atom stereocenters. The van der Waals surface area contributed by atoms with Crippen LogP contribution >= 0.6 is 11.6 Å². The lowest BCUT2D eigenvalue weighted by molar-refractivity contribution is -0.132. The fourth-order valence-corrected chi connectivity index (χ4v) is 3.64. The van der Waals surface area contributed by atoms with Gasteiger partial charge in [-0.3, -0.25) is 14.2 Å². The maximum Gasteiger partial charge on any atom is 0.254 e. The monoisotopic (exact) mass is 426 g/mol. The van der Waals surface area contributed by atoms with Gasteiger partial charge in [-0.15, -0.1) is 0 Å². The first kappa shape index (κ1) is 20.1. The highest BCUT2D eigenvalue weighted by molar-refractivity contribution is 6.30. The lowest BCUT2D eigenvalue weighted by Gasteiger charge is -2.36. The van der Waals surface area contributed by atoms with E-state index in [1.807, 2.05) is 24.3 Å². The van der Waals surface area contributed by atoms with Crippen LogP contribution in [0, 0.1) is 5.82 Å². The van der Waals surface area contributed by atoms with Crippen molar-refractivity contribution in [1.82, 2.24) is 14.5 Å². The highest BCUT2D eigenvalue weighted by Gasteiger charge is 2.22. The third kappa shape index (κ3) is 4.52. The van der Waals surface area contributed by atoms with Crippen molar-refractivity contribution in [2.75, 3.05) is 31.1 Å². The van der Waals surface area contributed by atoms with Gasteiger partial charge in [0.05, 0.1) is 12.0 Å². The van der Waals surface area contributed by atoms with E-state index in [9.17, 15) is 14.0 Å². The molecule has 6 nitrogen and oxygen atoms in total. The Morgan fingerprint density at radius 1 is 1.03 bits per heavy atom. The van der Waals surface area contributed by atoms with Crippen LogP contribution in [0.4, 0.5) is 10.1 Å². The van der Waals surface area contributed by atoms with E-state index in [2.05, 4.69) is 9.88 Å². The molecule has 8 heteroatoms. The number of rotatable bonds is 4. The number of amides is 1. The molecular formula is C22H20ClFN4O2. The molecule has 0 N–H and O–H groups in total. The highest BCUT2D eigenvalue weighted by atomic mass is 35.5. The van der Waals surface area contributed by atoms with Gasteiger partial charge in [0.1, 0.15) is 12.4 Å². The molecule has 0 atom stereocenters.